The predicted molar refractivity (Wildman–Crippen MR) is 123 cm³/mol. The summed E-state index contributed by atoms with van der Waals surface area (Å²) in [7, 11) is 0. The van der Waals surface area contributed by atoms with Crippen LogP contribution in [0.1, 0.15) is 28.4 Å². The number of anilines is 2. The molecule has 3 aromatic carbocycles. The van der Waals surface area contributed by atoms with Gasteiger partial charge in [-0.25, -0.2) is 4.79 Å². The van der Waals surface area contributed by atoms with Gasteiger partial charge in [0.25, 0.3) is 5.91 Å². The molecule has 0 radical (unpaired) electrons. The molecule has 0 aliphatic carbocycles. The van der Waals surface area contributed by atoms with Crippen molar-refractivity contribution in [2.45, 2.75) is 25.9 Å². The van der Waals surface area contributed by atoms with Gasteiger partial charge in [0, 0.05) is 28.3 Å². The fourth-order valence-corrected chi connectivity index (χ4v) is 4.09. The number of carbonyl (C=O) groups excluding carboxylic acids is 2. The quantitative estimate of drug-likeness (QED) is 0.546. The van der Waals surface area contributed by atoms with E-state index in [4.69, 9.17) is 0 Å². The van der Waals surface area contributed by atoms with Gasteiger partial charge in [0.15, 0.2) is 0 Å². The number of carbonyl (C=O) groups is 2. The minimum atomic E-state index is -0.284. The van der Waals surface area contributed by atoms with Gasteiger partial charge in [-0.15, -0.1) is 0 Å². The highest BCUT2D eigenvalue weighted by Crippen LogP contribution is 2.34. The third-order valence-corrected chi connectivity index (χ3v) is 5.87. The zero-order valence-electron chi connectivity index (χ0n) is 16.6. The third-order valence-electron chi connectivity index (χ3n) is 5.18. The first kappa shape index (κ1) is 20.2. The number of halogens is 1. The van der Waals surface area contributed by atoms with Crippen LogP contribution < -0.4 is 15.5 Å². The van der Waals surface area contributed by atoms with E-state index in [1.165, 1.54) is 0 Å². The maximum absolute atomic E-state index is 13.1. The average Bonchev–Trinajstić information content (AvgIpc) is 3.09. The SMILES string of the molecule is C[C@@H]1Cc2ccc(CNC(=O)Nc3ccccc3Br)cc2N1C(=O)c1ccccc1. The molecule has 0 aromatic heterocycles. The van der Waals surface area contributed by atoms with E-state index in [1.807, 2.05) is 77.7 Å². The van der Waals surface area contributed by atoms with Crippen LogP contribution in [0.25, 0.3) is 0 Å². The fraction of sp³-hybridized carbons (Fsp3) is 0.167. The van der Waals surface area contributed by atoms with Gasteiger partial charge in [0.05, 0.1) is 5.69 Å². The smallest absolute Gasteiger partial charge is 0.319 e. The van der Waals surface area contributed by atoms with Crippen LogP contribution in [0.4, 0.5) is 16.2 Å². The molecule has 0 saturated carbocycles. The predicted octanol–water partition coefficient (Wildman–Crippen LogP) is 5.36. The van der Waals surface area contributed by atoms with Gasteiger partial charge in [-0.1, -0.05) is 42.5 Å². The molecular formula is C24H22BrN3O2. The van der Waals surface area contributed by atoms with Crippen LogP contribution in [0.15, 0.2) is 77.3 Å². The lowest BCUT2D eigenvalue weighted by atomic mass is 10.1. The Bertz CT molecular complexity index is 1080. The van der Waals surface area contributed by atoms with Crippen LogP contribution in [0.3, 0.4) is 0 Å². The van der Waals surface area contributed by atoms with E-state index in [-0.39, 0.29) is 18.0 Å². The number of hydrogen-bond acceptors (Lipinski definition) is 2. The first-order valence-electron chi connectivity index (χ1n) is 9.82. The maximum atomic E-state index is 13.1. The summed E-state index contributed by atoms with van der Waals surface area (Å²) < 4.78 is 0.821. The number of benzene rings is 3. The Labute approximate surface area is 184 Å². The zero-order valence-corrected chi connectivity index (χ0v) is 18.1. The third kappa shape index (κ3) is 4.24. The molecule has 30 heavy (non-hydrogen) atoms. The molecule has 5 nitrogen and oxygen atoms in total. The largest absolute Gasteiger partial charge is 0.334 e. The van der Waals surface area contributed by atoms with Gasteiger partial charge >= 0.3 is 6.03 Å². The lowest BCUT2D eigenvalue weighted by molar-refractivity contribution is 0.0981. The lowest BCUT2D eigenvalue weighted by Gasteiger charge is -2.23. The molecule has 1 aliphatic heterocycles. The minimum absolute atomic E-state index is 0.00127. The van der Waals surface area contributed by atoms with Crippen molar-refractivity contribution < 1.29 is 9.59 Å². The van der Waals surface area contributed by atoms with E-state index < -0.39 is 0 Å². The Hall–Kier alpha value is -3.12. The molecule has 0 unspecified atom stereocenters. The van der Waals surface area contributed by atoms with Crippen LogP contribution in [-0.4, -0.2) is 18.0 Å². The molecule has 6 heteroatoms. The van der Waals surface area contributed by atoms with E-state index in [1.54, 1.807) is 0 Å². The maximum Gasteiger partial charge on any atom is 0.319 e. The van der Waals surface area contributed by atoms with Crippen LogP contribution in [-0.2, 0) is 13.0 Å². The molecule has 4 rings (SSSR count). The molecule has 0 fully saturated rings. The van der Waals surface area contributed by atoms with Crippen molar-refractivity contribution in [2.24, 2.45) is 0 Å². The lowest BCUT2D eigenvalue weighted by Crippen LogP contribution is -2.35. The number of nitrogens with one attached hydrogen (secondary N) is 2. The summed E-state index contributed by atoms with van der Waals surface area (Å²) in [5.41, 5.74) is 4.39. The molecular weight excluding hydrogens is 442 g/mol. The first-order valence-corrected chi connectivity index (χ1v) is 10.6. The van der Waals surface area contributed by atoms with Crippen molar-refractivity contribution in [3.63, 3.8) is 0 Å². The highest BCUT2D eigenvalue weighted by Gasteiger charge is 2.31. The van der Waals surface area contributed by atoms with Gasteiger partial charge in [-0.05, 0) is 70.7 Å². The van der Waals surface area contributed by atoms with E-state index in [2.05, 4.69) is 33.5 Å². The molecule has 0 bridgehead atoms. The van der Waals surface area contributed by atoms with Crippen LogP contribution in [0.5, 0.6) is 0 Å². The molecule has 2 N–H and O–H groups in total. The molecule has 3 amide bonds. The number of fused-ring (bicyclic) bond motifs is 1. The number of amides is 3. The molecule has 1 heterocycles. The van der Waals surface area contributed by atoms with Gasteiger partial charge in [-0.3, -0.25) is 4.79 Å². The van der Waals surface area contributed by atoms with Gasteiger partial charge in [0.1, 0.15) is 0 Å². The van der Waals surface area contributed by atoms with Crippen molar-refractivity contribution in [1.82, 2.24) is 5.32 Å². The Balaban J connectivity index is 1.47. The molecule has 0 spiro atoms. The van der Waals surface area contributed by atoms with Crippen LogP contribution in [0.2, 0.25) is 0 Å². The molecule has 152 valence electrons. The second kappa shape index (κ2) is 8.71. The van der Waals surface area contributed by atoms with Crippen molar-refractivity contribution in [2.75, 3.05) is 10.2 Å². The highest BCUT2D eigenvalue weighted by atomic mass is 79.9. The van der Waals surface area contributed by atoms with E-state index in [0.29, 0.717) is 17.8 Å². The number of nitrogens with zero attached hydrogens (tertiary/aromatic N) is 1. The van der Waals surface area contributed by atoms with Crippen molar-refractivity contribution in [1.29, 1.82) is 0 Å². The van der Waals surface area contributed by atoms with Crippen molar-refractivity contribution >= 4 is 39.2 Å². The second-order valence-electron chi connectivity index (χ2n) is 7.34. The molecule has 0 saturated heterocycles. The van der Waals surface area contributed by atoms with Gasteiger partial charge in [-0.2, -0.15) is 0 Å². The molecule has 1 aliphatic rings. The zero-order chi connectivity index (χ0) is 21.1. The summed E-state index contributed by atoms with van der Waals surface area (Å²) in [6.45, 7) is 2.43. The van der Waals surface area contributed by atoms with E-state index >= 15 is 0 Å². The van der Waals surface area contributed by atoms with Gasteiger partial charge < -0.3 is 15.5 Å². The first-order chi connectivity index (χ1) is 14.5. The van der Waals surface area contributed by atoms with Crippen LogP contribution in [0, 0.1) is 0 Å². The Morgan fingerprint density at radius 2 is 1.77 bits per heavy atom. The minimum Gasteiger partial charge on any atom is -0.334 e. The number of rotatable bonds is 4. The van der Waals surface area contributed by atoms with Crippen LogP contribution >= 0.6 is 15.9 Å². The summed E-state index contributed by atoms with van der Waals surface area (Å²) in [6, 6.07) is 22.6. The average molecular weight is 464 g/mol. The Morgan fingerprint density at radius 1 is 1.03 bits per heavy atom. The summed E-state index contributed by atoms with van der Waals surface area (Å²) >= 11 is 3.42. The topological polar surface area (TPSA) is 61.4 Å². The fourth-order valence-electron chi connectivity index (χ4n) is 3.70. The molecule has 3 aromatic rings. The van der Waals surface area contributed by atoms with E-state index in [9.17, 15) is 9.59 Å². The van der Waals surface area contributed by atoms with Gasteiger partial charge in [0.2, 0.25) is 0 Å². The highest BCUT2D eigenvalue weighted by molar-refractivity contribution is 9.10. The second-order valence-corrected chi connectivity index (χ2v) is 8.20. The summed E-state index contributed by atoms with van der Waals surface area (Å²) in [5, 5.41) is 5.71. The monoisotopic (exact) mass is 463 g/mol. The summed E-state index contributed by atoms with van der Waals surface area (Å²) in [5.74, 6) is -0.00127. The van der Waals surface area contributed by atoms with Crippen molar-refractivity contribution in [3.8, 4) is 0 Å². The molecule has 1 atom stereocenters. The normalized spacial score (nSPS) is 14.9. The number of hydrogen-bond donors (Lipinski definition) is 2. The number of urea groups is 1. The summed E-state index contributed by atoms with van der Waals surface area (Å²) in [6.07, 6.45) is 0.824. The Morgan fingerprint density at radius 3 is 2.53 bits per heavy atom. The summed E-state index contributed by atoms with van der Waals surface area (Å²) in [4.78, 5) is 27.2. The Kier molecular flexibility index (Phi) is 5.86. The standard InChI is InChI=1S/C24H22BrN3O2/c1-16-13-19-12-11-17(15-26-24(30)27-21-10-6-5-9-20(21)25)14-22(19)28(16)23(29)18-7-3-2-4-8-18/h2-12,14,16H,13,15H2,1H3,(H2,26,27,30)/t16-/m1/s1. The van der Waals surface area contributed by atoms with E-state index in [0.717, 1.165) is 27.7 Å². The van der Waals surface area contributed by atoms with Crippen molar-refractivity contribution in [3.05, 3.63) is 94.0 Å². The number of para-hydroxylation sites is 1.